The second-order valence-electron chi connectivity index (χ2n) is 2.87. The summed E-state index contributed by atoms with van der Waals surface area (Å²) in [6.07, 6.45) is 3.00. The summed E-state index contributed by atoms with van der Waals surface area (Å²) in [6.45, 7) is 1.90. The summed E-state index contributed by atoms with van der Waals surface area (Å²) in [4.78, 5) is 15.0. The molecule has 0 spiro atoms. The van der Waals surface area contributed by atoms with E-state index in [1.165, 1.54) is 6.26 Å². The van der Waals surface area contributed by atoms with Crippen molar-refractivity contribution in [2.24, 2.45) is 5.73 Å². The molecule has 4 heteroatoms. The second-order valence-corrected chi connectivity index (χ2v) is 2.87. The van der Waals surface area contributed by atoms with Crippen molar-refractivity contribution in [3.63, 3.8) is 0 Å². The second kappa shape index (κ2) is 2.58. The predicted molar refractivity (Wildman–Crippen MR) is 47.3 cm³/mol. The number of pyridine rings is 1. The monoisotopic (exact) mass is 176 g/mol. The third-order valence-corrected chi connectivity index (χ3v) is 1.81. The Balaban J connectivity index is 2.76. The van der Waals surface area contributed by atoms with Gasteiger partial charge in [0, 0.05) is 6.20 Å². The number of furan rings is 1. The number of nitrogens with zero attached hydrogens (tertiary/aromatic N) is 1. The van der Waals surface area contributed by atoms with Gasteiger partial charge in [0.05, 0.1) is 0 Å². The maximum absolute atomic E-state index is 10.9. The number of hydrogen-bond donors (Lipinski definition) is 1. The molecule has 0 unspecified atom stereocenters. The maximum Gasteiger partial charge on any atom is 0.254 e. The number of fused-ring (bicyclic) bond motifs is 1. The van der Waals surface area contributed by atoms with Crippen molar-refractivity contribution in [3.05, 3.63) is 29.7 Å². The van der Waals surface area contributed by atoms with Crippen molar-refractivity contribution in [1.29, 1.82) is 0 Å². The van der Waals surface area contributed by atoms with Crippen LogP contribution in [0.5, 0.6) is 0 Å². The van der Waals surface area contributed by atoms with Gasteiger partial charge in [-0.3, -0.25) is 9.78 Å². The van der Waals surface area contributed by atoms with E-state index in [1.807, 2.05) is 13.0 Å². The Morgan fingerprint density at radius 1 is 1.62 bits per heavy atom. The molecule has 2 heterocycles. The van der Waals surface area contributed by atoms with Crippen LogP contribution in [0.15, 0.2) is 22.9 Å². The van der Waals surface area contributed by atoms with Gasteiger partial charge in [0.15, 0.2) is 5.58 Å². The number of carbonyl (C=O) groups is 1. The molecule has 13 heavy (non-hydrogen) atoms. The lowest BCUT2D eigenvalue weighted by molar-refractivity contribution is 0.100. The molecule has 2 rings (SSSR count). The van der Waals surface area contributed by atoms with Crippen molar-refractivity contribution in [1.82, 2.24) is 4.98 Å². The number of carbonyl (C=O) groups excluding carboxylic acids is 1. The first-order valence-corrected chi connectivity index (χ1v) is 3.82. The highest BCUT2D eigenvalue weighted by Gasteiger charge is 2.11. The van der Waals surface area contributed by atoms with E-state index in [0.29, 0.717) is 16.7 Å². The molecule has 2 N–H and O–H groups in total. The molecule has 0 fully saturated rings. The van der Waals surface area contributed by atoms with Crippen LogP contribution in [-0.2, 0) is 0 Å². The Morgan fingerprint density at radius 3 is 3.08 bits per heavy atom. The standard InChI is InChI=1S/C9H8N2O2/c1-5-2-7-8(11-3-5)6(4-13-7)9(10)12/h2-4H,1H3,(H2,10,12). The van der Waals surface area contributed by atoms with E-state index < -0.39 is 5.91 Å². The summed E-state index contributed by atoms with van der Waals surface area (Å²) < 4.78 is 5.13. The number of rotatable bonds is 1. The fourth-order valence-corrected chi connectivity index (χ4v) is 1.19. The molecular weight excluding hydrogens is 168 g/mol. The molecule has 0 saturated carbocycles. The van der Waals surface area contributed by atoms with Gasteiger partial charge in [-0.2, -0.15) is 0 Å². The van der Waals surface area contributed by atoms with Crippen LogP contribution in [-0.4, -0.2) is 10.9 Å². The SMILES string of the molecule is Cc1cnc2c(C(N)=O)coc2c1. The van der Waals surface area contributed by atoms with Crippen molar-refractivity contribution in [2.45, 2.75) is 6.92 Å². The van der Waals surface area contributed by atoms with Gasteiger partial charge in [-0.05, 0) is 18.6 Å². The fourth-order valence-electron chi connectivity index (χ4n) is 1.19. The quantitative estimate of drug-likeness (QED) is 0.710. The summed E-state index contributed by atoms with van der Waals surface area (Å²) in [5.74, 6) is -0.518. The van der Waals surface area contributed by atoms with Crippen molar-refractivity contribution in [2.75, 3.05) is 0 Å². The van der Waals surface area contributed by atoms with Gasteiger partial charge in [-0.15, -0.1) is 0 Å². The molecule has 4 nitrogen and oxygen atoms in total. The highest BCUT2D eigenvalue weighted by molar-refractivity contribution is 6.03. The normalized spacial score (nSPS) is 10.5. The van der Waals surface area contributed by atoms with E-state index in [-0.39, 0.29) is 0 Å². The molecule has 2 aromatic heterocycles. The molecule has 1 amide bonds. The first kappa shape index (κ1) is 7.79. The van der Waals surface area contributed by atoms with Crippen LogP contribution in [0.25, 0.3) is 11.1 Å². The van der Waals surface area contributed by atoms with E-state index >= 15 is 0 Å². The lowest BCUT2D eigenvalue weighted by Gasteiger charge is -1.91. The number of nitrogens with two attached hydrogens (primary N) is 1. The van der Waals surface area contributed by atoms with Crippen LogP contribution in [0, 0.1) is 6.92 Å². The van der Waals surface area contributed by atoms with Crippen molar-refractivity contribution in [3.8, 4) is 0 Å². The maximum atomic E-state index is 10.9. The minimum absolute atomic E-state index is 0.329. The summed E-state index contributed by atoms with van der Waals surface area (Å²) in [5, 5.41) is 0. The molecule has 0 aliphatic rings. The lowest BCUT2D eigenvalue weighted by atomic mass is 10.2. The average molecular weight is 176 g/mol. The van der Waals surface area contributed by atoms with Crippen LogP contribution >= 0.6 is 0 Å². The minimum atomic E-state index is -0.518. The van der Waals surface area contributed by atoms with Crippen LogP contribution < -0.4 is 5.73 Å². The highest BCUT2D eigenvalue weighted by Crippen LogP contribution is 2.18. The van der Waals surface area contributed by atoms with E-state index in [0.717, 1.165) is 5.56 Å². The molecule has 0 saturated heterocycles. The van der Waals surface area contributed by atoms with Gasteiger partial charge >= 0.3 is 0 Å². The average Bonchev–Trinajstić information content (AvgIpc) is 2.46. The van der Waals surface area contributed by atoms with E-state index in [9.17, 15) is 4.79 Å². The fraction of sp³-hybridized carbons (Fsp3) is 0.111. The summed E-state index contributed by atoms with van der Waals surface area (Å²) in [6, 6.07) is 1.81. The molecule has 0 aliphatic carbocycles. The molecule has 66 valence electrons. The Hall–Kier alpha value is -1.84. The zero-order chi connectivity index (χ0) is 9.42. The van der Waals surface area contributed by atoms with E-state index in [4.69, 9.17) is 10.2 Å². The number of amides is 1. The first-order chi connectivity index (χ1) is 6.18. The molecule has 0 aromatic carbocycles. The third-order valence-electron chi connectivity index (χ3n) is 1.81. The Labute approximate surface area is 74.4 Å². The smallest absolute Gasteiger partial charge is 0.254 e. The van der Waals surface area contributed by atoms with Crippen molar-refractivity contribution >= 4 is 17.0 Å². The predicted octanol–water partition coefficient (Wildman–Crippen LogP) is 1.24. The van der Waals surface area contributed by atoms with Gasteiger partial charge in [0.1, 0.15) is 17.3 Å². The molecule has 0 radical (unpaired) electrons. The largest absolute Gasteiger partial charge is 0.462 e. The molecule has 0 atom stereocenters. The van der Waals surface area contributed by atoms with Gasteiger partial charge in [0.25, 0.3) is 5.91 Å². The molecule has 0 bridgehead atoms. The summed E-state index contributed by atoms with van der Waals surface area (Å²) >= 11 is 0. The first-order valence-electron chi connectivity index (χ1n) is 3.82. The summed E-state index contributed by atoms with van der Waals surface area (Å²) in [5.41, 5.74) is 7.55. The summed E-state index contributed by atoms with van der Waals surface area (Å²) in [7, 11) is 0. The molecule has 0 aliphatic heterocycles. The lowest BCUT2D eigenvalue weighted by Crippen LogP contribution is -2.10. The number of primary amides is 1. The van der Waals surface area contributed by atoms with Crippen LogP contribution in [0.1, 0.15) is 15.9 Å². The zero-order valence-electron chi connectivity index (χ0n) is 7.07. The number of hydrogen-bond acceptors (Lipinski definition) is 3. The van der Waals surface area contributed by atoms with Crippen molar-refractivity contribution < 1.29 is 9.21 Å². The van der Waals surface area contributed by atoms with E-state index in [1.54, 1.807) is 6.20 Å². The number of aromatic nitrogens is 1. The molecular formula is C9H8N2O2. The van der Waals surface area contributed by atoms with Crippen LogP contribution in [0.4, 0.5) is 0 Å². The van der Waals surface area contributed by atoms with Crippen LogP contribution in [0.3, 0.4) is 0 Å². The zero-order valence-corrected chi connectivity index (χ0v) is 7.07. The number of aryl methyl sites for hydroxylation is 1. The van der Waals surface area contributed by atoms with Crippen LogP contribution in [0.2, 0.25) is 0 Å². The third kappa shape index (κ3) is 1.16. The van der Waals surface area contributed by atoms with Gasteiger partial charge in [-0.1, -0.05) is 0 Å². The molecule has 2 aromatic rings. The van der Waals surface area contributed by atoms with E-state index in [2.05, 4.69) is 4.98 Å². The Kier molecular flexibility index (Phi) is 1.55. The Morgan fingerprint density at radius 2 is 2.38 bits per heavy atom. The Bertz CT molecular complexity index is 473. The van der Waals surface area contributed by atoms with Gasteiger partial charge in [0.2, 0.25) is 0 Å². The van der Waals surface area contributed by atoms with Gasteiger partial charge in [-0.25, -0.2) is 0 Å². The topological polar surface area (TPSA) is 69.1 Å². The van der Waals surface area contributed by atoms with Gasteiger partial charge < -0.3 is 10.2 Å². The minimum Gasteiger partial charge on any atom is -0.462 e. The highest BCUT2D eigenvalue weighted by atomic mass is 16.3.